The predicted molar refractivity (Wildman–Crippen MR) is 126 cm³/mol. The first-order chi connectivity index (χ1) is 15.7. The largest absolute Gasteiger partial charge is 0.497 e. The maximum atomic E-state index is 13.2. The molecule has 1 heterocycles. The van der Waals surface area contributed by atoms with E-state index < -0.39 is 0 Å². The SMILES string of the molecule is COc1ccc(Oc2ccccc2CCC(=O)N2CCNCC2Cc2ccccc2)cc1. The van der Waals surface area contributed by atoms with Crippen LogP contribution in [0.2, 0.25) is 0 Å². The molecule has 1 N–H and O–H groups in total. The van der Waals surface area contributed by atoms with E-state index in [4.69, 9.17) is 9.47 Å². The van der Waals surface area contributed by atoms with E-state index in [1.807, 2.05) is 54.6 Å². The summed E-state index contributed by atoms with van der Waals surface area (Å²) < 4.78 is 11.3. The highest BCUT2D eigenvalue weighted by molar-refractivity contribution is 5.77. The maximum Gasteiger partial charge on any atom is 0.223 e. The Balaban J connectivity index is 1.39. The van der Waals surface area contributed by atoms with E-state index in [9.17, 15) is 4.79 Å². The molecule has 0 radical (unpaired) electrons. The van der Waals surface area contributed by atoms with Crippen molar-refractivity contribution in [3.63, 3.8) is 0 Å². The minimum Gasteiger partial charge on any atom is -0.497 e. The third kappa shape index (κ3) is 5.68. The molecule has 1 fully saturated rings. The Morgan fingerprint density at radius 2 is 1.69 bits per heavy atom. The van der Waals surface area contributed by atoms with Crippen LogP contribution in [0.4, 0.5) is 0 Å². The zero-order valence-electron chi connectivity index (χ0n) is 18.5. The van der Waals surface area contributed by atoms with Crippen LogP contribution in [-0.4, -0.2) is 43.6 Å². The van der Waals surface area contributed by atoms with Gasteiger partial charge in [0.05, 0.1) is 7.11 Å². The second-order valence-corrected chi connectivity index (χ2v) is 8.02. The van der Waals surface area contributed by atoms with Gasteiger partial charge in [0.1, 0.15) is 17.2 Å². The number of amides is 1. The number of carbonyl (C=O) groups excluding carboxylic acids is 1. The summed E-state index contributed by atoms with van der Waals surface area (Å²) in [6, 6.07) is 26.0. The van der Waals surface area contributed by atoms with Crippen molar-refractivity contribution >= 4 is 5.91 Å². The summed E-state index contributed by atoms with van der Waals surface area (Å²) in [5, 5.41) is 3.44. The highest BCUT2D eigenvalue weighted by Gasteiger charge is 2.26. The van der Waals surface area contributed by atoms with Crippen LogP contribution >= 0.6 is 0 Å². The smallest absolute Gasteiger partial charge is 0.223 e. The molecule has 3 aromatic rings. The standard InChI is InChI=1S/C27H30N2O3/c1-31-24-12-14-25(15-13-24)32-26-10-6-5-9-22(26)11-16-27(30)29-18-17-28-20-23(29)19-21-7-3-2-4-8-21/h2-10,12-15,23,28H,11,16-20H2,1H3. The average Bonchev–Trinajstić information content (AvgIpc) is 2.85. The molecule has 0 aromatic heterocycles. The summed E-state index contributed by atoms with van der Waals surface area (Å²) in [6.45, 7) is 2.42. The number of methoxy groups -OCH3 is 1. The second-order valence-electron chi connectivity index (χ2n) is 8.02. The molecule has 0 bridgehead atoms. The predicted octanol–water partition coefficient (Wildman–Crippen LogP) is 4.46. The summed E-state index contributed by atoms with van der Waals surface area (Å²) in [4.78, 5) is 15.2. The fraction of sp³-hybridized carbons (Fsp3) is 0.296. The molecule has 5 nitrogen and oxygen atoms in total. The Bertz CT molecular complexity index is 1000. The van der Waals surface area contributed by atoms with E-state index in [-0.39, 0.29) is 11.9 Å². The van der Waals surface area contributed by atoms with Gasteiger partial charge in [0.25, 0.3) is 0 Å². The minimum absolute atomic E-state index is 0.185. The maximum absolute atomic E-state index is 13.2. The van der Waals surface area contributed by atoms with E-state index in [0.717, 1.165) is 48.9 Å². The number of para-hydroxylation sites is 1. The summed E-state index contributed by atoms with van der Waals surface area (Å²) in [5.41, 5.74) is 2.30. The van der Waals surface area contributed by atoms with Crippen LogP contribution in [-0.2, 0) is 17.6 Å². The Morgan fingerprint density at radius 3 is 2.47 bits per heavy atom. The van der Waals surface area contributed by atoms with E-state index in [0.29, 0.717) is 12.8 Å². The molecule has 4 rings (SSSR count). The van der Waals surface area contributed by atoms with Gasteiger partial charge in [-0.25, -0.2) is 0 Å². The molecule has 1 amide bonds. The first-order valence-corrected chi connectivity index (χ1v) is 11.2. The van der Waals surface area contributed by atoms with Crippen LogP contribution in [0, 0.1) is 0 Å². The van der Waals surface area contributed by atoms with Crippen LogP contribution in [0.15, 0.2) is 78.9 Å². The Hall–Kier alpha value is -3.31. The number of carbonyl (C=O) groups is 1. The fourth-order valence-corrected chi connectivity index (χ4v) is 4.12. The summed E-state index contributed by atoms with van der Waals surface area (Å²) in [5.74, 6) is 2.52. The van der Waals surface area contributed by atoms with Crippen molar-refractivity contribution in [1.82, 2.24) is 10.2 Å². The molecule has 3 aromatic carbocycles. The molecular formula is C27H30N2O3. The van der Waals surface area contributed by atoms with E-state index in [1.54, 1.807) is 7.11 Å². The lowest BCUT2D eigenvalue weighted by atomic mass is 10.0. The van der Waals surface area contributed by atoms with E-state index in [1.165, 1.54) is 5.56 Å². The zero-order valence-corrected chi connectivity index (χ0v) is 18.5. The first-order valence-electron chi connectivity index (χ1n) is 11.2. The molecule has 1 aliphatic heterocycles. The van der Waals surface area contributed by atoms with Crippen molar-refractivity contribution in [2.24, 2.45) is 0 Å². The van der Waals surface area contributed by atoms with Gasteiger partial charge >= 0.3 is 0 Å². The molecule has 166 valence electrons. The number of aryl methyl sites for hydroxylation is 1. The Labute approximate surface area is 190 Å². The van der Waals surface area contributed by atoms with Gasteiger partial charge < -0.3 is 19.7 Å². The third-order valence-corrected chi connectivity index (χ3v) is 5.85. The van der Waals surface area contributed by atoms with E-state index in [2.05, 4.69) is 34.5 Å². The van der Waals surface area contributed by atoms with Crippen molar-refractivity contribution in [3.8, 4) is 17.2 Å². The zero-order chi connectivity index (χ0) is 22.2. The van der Waals surface area contributed by atoms with Gasteiger partial charge in [0.2, 0.25) is 5.91 Å². The van der Waals surface area contributed by atoms with Gasteiger partial charge in [0.15, 0.2) is 0 Å². The van der Waals surface area contributed by atoms with Crippen LogP contribution in [0.25, 0.3) is 0 Å². The van der Waals surface area contributed by atoms with Gasteiger partial charge in [-0.05, 0) is 54.3 Å². The normalized spacial score (nSPS) is 15.9. The second kappa shape index (κ2) is 10.8. The summed E-state index contributed by atoms with van der Waals surface area (Å²) >= 11 is 0. The molecule has 0 aliphatic carbocycles. The monoisotopic (exact) mass is 430 g/mol. The molecule has 5 heteroatoms. The molecule has 1 atom stereocenters. The van der Waals surface area contributed by atoms with Crippen LogP contribution in [0.3, 0.4) is 0 Å². The lowest BCUT2D eigenvalue weighted by molar-refractivity contribution is -0.134. The molecular weight excluding hydrogens is 400 g/mol. The van der Waals surface area contributed by atoms with Crippen LogP contribution in [0.1, 0.15) is 17.5 Å². The summed E-state index contributed by atoms with van der Waals surface area (Å²) in [7, 11) is 1.64. The van der Waals surface area contributed by atoms with Crippen LogP contribution < -0.4 is 14.8 Å². The van der Waals surface area contributed by atoms with Crippen molar-refractivity contribution in [1.29, 1.82) is 0 Å². The third-order valence-electron chi connectivity index (χ3n) is 5.85. The molecule has 1 unspecified atom stereocenters. The number of piperazine rings is 1. The number of rotatable bonds is 8. The van der Waals surface area contributed by atoms with Crippen LogP contribution in [0.5, 0.6) is 17.2 Å². The minimum atomic E-state index is 0.185. The van der Waals surface area contributed by atoms with Crippen molar-refractivity contribution in [2.45, 2.75) is 25.3 Å². The number of ether oxygens (including phenoxy) is 2. The van der Waals surface area contributed by atoms with Gasteiger partial charge in [-0.3, -0.25) is 4.79 Å². The number of nitrogens with zero attached hydrogens (tertiary/aromatic N) is 1. The Kier molecular flexibility index (Phi) is 7.41. The number of nitrogens with one attached hydrogen (secondary N) is 1. The fourth-order valence-electron chi connectivity index (χ4n) is 4.12. The average molecular weight is 431 g/mol. The Morgan fingerprint density at radius 1 is 0.969 bits per heavy atom. The van der Waals surface area contributed by atoms with Gasteiger partial charge in [-0.1, -0.05) is 48.5 Å². The van der Waals surface area contributed by atoms with Gasteiger partial charge in [0, 0.05) is 32.1 Å². The molecule has 1 aliphatic rings. The van der Waals surface area contributed by atoms with E-state index >= 15 is 0 Å². The first kappa shape index (κ1) is 21.9. The lowest BCUT2D eigenvalue weighted by Crippen LogP contribution is -2.54. The summed E-state index contributed by atoms with van der Waals surface area (Å²) in [6.07, 6.45) is 1.98. The van der Waals surface area contributed by atoms with Gasteiger partial charge in [-0.2, -0.15) is 0 Å². The highest BCUT2D eigenvalue weighted by Crippen LogP contribution is 2.28. The molecule has 1 saturated heterocycles. The lowest BCUT2D eigenvalue weighted by Gasteiger charge is -2.36. The number of hydrogen-bond acceptors (Lipinski definition) is 4. The van der Waals surface area contributed by atoms with Crippen molar-refractivity contribution in [3.05, 3.63) is 90.0 Å². The van der Waals surface area contributed by atoms with Crippen molar-refractivity contribution in [2.75, 3.05) is 26.7 Å². The highest BCUT2D eigenvalue weighted by atomic mass is 16.5. The molecule has 32 heavy (non-hydrogen) atoms. The van der Waals surface area contributed by atoms with Crippen molar-refractivity contribution < 1.29 is 14.3 Å². The quantitative estimate of drug-likeness (QED) is 0.573. The number of hydrogen-bond donors (Lipinski definition) is 1. The molecule has 0 spiro atoms. The topological polar surface area (TPSA) is 50.8 Å². The molecule has 0 saturated carbocycles. The van der Waals surface area contributed by atoms with Gasteiger partial charge in [-0.15, -0.1) is 0 Å². The number of benzene rings is 3.